The molecule has 2 aliphatic rings. The first-order chi connectivity index (χ1) is 6.00. The van der Waals surface area contributed by atoms with Crippen LogP contribution < -0.4 is 0 Å². The van der Waals surface area contributed by atoms with Crippen LogP contribution in [0.2, 0.25) is 0 Å². The van der Waals surface area contributed by atoms with Crippen LogP contribution in [0.15, 0.2) is 24.3 Å². The van der Waals surface area contributed by atoms with Crippen molar-refractivity contribution in [1.29, 1.82) is 0 Å². The van der Waals surface area contributed by atoms with E-state index in [1.54, 1.807) is 0 Å². The first-order valence-electron chi connectivity index (χ1n) is 3.34. The molecule has 2 rings (SSSR count). The van der Waals surface area contributed by atoms with E-state index in [0.29, 0.717) is 0 Å². The molecule has 0 saturated heterocycles. The standard InChI is InChI=1S/C5H5.C3H3.2CH2O.Mo/c1-2-4-5-3-1;1-2-3-1;2*1-2;/h1-3H,4H2;1H,2H2;2*1H2;/q2*-1;;;+2. The van der Waals surface area contributed by atoms with Crippen molar-refractivity contribution in [1.82, 2.24) is 0 Å². The predicted molar refractivity (Wildman–Crippen MR) is 48.2 cm³/mol. The maximum Gasteiger partial charge on any atom is 2.00 e. The second-order valence-electron chi connectivity index (χ2n) is 1.62. The first kappa shape index (κ1) is 18.1. The maximum atomic E-state index is 8.00. The number of allylic oxidation sites excluding steroid dienone is 6. The molecular weight excluding hydrogens is 248 g/mol. The van der Waals surface area contributed by atoms with Gasteiger partial charge in [-0.3, -0.25) is 12.2 Å². The smallest absolute Gasteiger partial charge is 0.502 e. The maximum absolute atomic E-state index is 8.00. The fourth-order valence-corrected chi connectivity index (χ4v) is 0.340. The third kappa shape index (κ3) is 34.9. The van der Waals surface area contributed by atoms with Gasteiger partial charge in [-0.15, -0.1) is 6.42 Å². The summed E-state index contributed by atoms with van der Waals surface area (Å²) in [5.41, 5.74) is 0. The normalized spacial score (nSPS) is 11.7. The molecule has 0 aromatic carbocycles. The molecule has 3 heteroatoms. The van der Waals surface area contributed by atoms with Gasteiger partial charge in [0.25, 0.3) is 0 Å². The molecule has 0 aliphatic heterocycles. The Hall–Kier alpha value is -0.752. The Kier molecular flexibility index (Phi) is 31.3. The molecule has 13 heavy (non-hydrogen) atoms. The van der Waals surface area contributed by atoms with Gasteiger partial charge in [0.15, 0.2) is 0 Å². The van der Waals surface area contributed by atoms with Crippen molar-refractivity contribution in [3.8, 4) is 0 Å². The van der Waals surface area contributed by atoms with Crippen LogP contribution in [0.4, 0.5) is 0 Å². The zero-order valence-corrected chi connectivity index (χ0v) is 9.37. The Labute approximate surface area is 93.7 Å². The van der Waals surface area contributed by atoms with Gasteiger partial charge in [0, 0.05) is 0 Å². The summed E-state index contributed by atoms with van der Waals surface area (Å²) in [5.74, 6) is 0. The fourth-order valence-electron chi connectivity index (χ4n) is 0.340. The predicted octanol–water partition coefficient (Wildman–Crippen LogP) is 1.68. The van der Waals surface area contributed by atoms with E-state index in [9.17, 15) is 0 Å². The summed E-state index contributed by atoms with van der Waals surface area (Å²) in [6, 6.07) is 0. The number of rotatable bonds is 0. The number of carbonyl (C=O) groups excluding carboxylic acids is 2. The number of hydrogen-bond donors (Lipinski definition) is 0. The van der Waals surface area contributed by atoms with Crippen molar-refractivity contribution in [2.24, 2.45) is 0 Å². The summed E-state index contributed by atoms with van der Waals surface area (Å²) in [4.78, 5) is 16.0. The SMILES string of the molecule is C=O.C=O.[C-]1=CC1.[C-]1=CC=CC1.[Mo+2]. The summed E-state index contributed by atoms with van der Waals surface area (Å²) in [5, 5.41) is 0. The molecule has 0 bridgehead atoms. The zero-order valence-electron chi connectivity index (χ0n) is 7.36. The van der Waals surface area contributed by atoms with Gasteiger partial charge in [0.1, 0.15) is 13.6 Å². The van der Waals surface area contributed by atoms with Gasteiger partial charge in [-0.1, -0.05) is 0 Å². The van der Waals surface area contributed by atoms with E-state index in [-0.39, 0.29) is 21.1 Å². The minimum atomic E-state index is 0. The Morgan fingerprint density at radius 1 is 1.00 bits per heavy atom. The van der Waals surface area contributed by atoms with Gasteiger partial charge in [-0.05, 0) is 0 Å². The van der Waals surface area contributed by atoms with Crippen molar-refractivity contribution >= 4 is 13.6 Å². The zero-order chi connectivity index (χ0) is 9.66. The Balaban J connectivity index is -0.000000111. The van der Waals surface area contributed by atoms with E-state index < -0.39 is 0 Å². The molecule has 0 heterocycles. The van der Waals surface area contributed by atoms with Crippen LogP contribution in [-0.2, 0) is 30.7 Å². The Bertz CT molecular complexity index is 146. The van der Waals surface area contributed by atoms with Gasteiger partial charge in [0.05, 0.1) is 0 Å². The van der Waals surface area contributed by atoms with E-state index in [1.807, 2.05) is 31.8 Å². The van der Waals surface area contributed by atoms with E-state index in [0.717, 1.165) is 12.8 Å². The van der Waals surface area contributed by atoms with E-state index >= 15 is 0 Å². The molecule has 0 atom stereocenters. The molecule has 2 aliphatic carbocycles. The molecule has 0 N–H and O–H groups in total. The van der Waals surface area contributed by atoms with Crippen LogP contribution in [0, 0.1) is 12.2 Å². The average Bonchev–Trinajstić information content (AvgIpc) is 2.95. The van der Waals surface area contributed by atoms with Crippen LogP contribution >= 0.6 is 0 Å². The van der Waals surface area contributed by atoms with Gasteiger partial charge >= 0.3 is 21.1 Å². The second kappa shape index (κ2) is 22.5. The average molecular weight is 260 g/mol. The second-order valence-corrected chi connectivity index (χ2v) is 1.62. The third-order valence-corrected chi connectivity index (χ3v) is 0.790. The molecule has 0 spiro atoms. The molecule has 2 nitrogen and oxygen atoms in total. The molecule has 0 fully saturated rings. The number of carbonyl (C=O) groups is 2. The van der Waals surface area contributed by atoms with Crippen molar-refractivity contribution < 1.29 is 30.7 Å². The van der Waals surface area contributed by atoms with Crippen LogP contribution in [0.25, 0.3) is 0 Å². The van der Waals surface area contributed by atoms with E-state index in [4.69, 9.17) is 9.59 Å². The molecule has 0 radical (unpaired) electrons. The topological polar surface area (TPSA) is 34.1 Å². The summed E-state index contributed by atoms with van der Waals surface area (Å²) < 4.78 is 0. The number of hydrogen-bond acceptors (Lipinski definition) is 2. The molecule has 0 aromatic rings. The minimum absolute atomic E-state index is 0. The molecule has 0 unspecified atom stereocenters. The van der Waals surface area contributed by atoms with Gasteiger partial charge in [-0.25, -0.2) is 18.6 Å². The molecule has 0 aromatic heterocycles. The van der Waals surface area contributed by atoms with Crippen LogP contribution in [0.1, 0.15) is 12.8 Å². The van der Waals surface area contributed by atoms with Gasteiger partial charge < -0.3 is 15.7 Å². The van der Waals surface area contributed by atoms with Crippen molar-refractivity contribution in [2.75, 3.05) is 0 Å². The summed E-state index contributed by atoms with van der Waals surface area (Å²) in [6.45, 7) is 4.00. The van der Waals surface area contributed by atoms with Gasteiger partial charge in [-0.2, -0.15) is 6.08 Å². The van der Waals surface area contributed by atoms with Crippen LogP contribution in [0.5, 0.6) is 0 Å². The third-order valence-electron chi connectivity index (χ3n) is 0.790. The molecule has 70 valence electrons. The van der Waals surface area contributed by atoms with Crippen molar-refractivity contribution in [3.63, 3.8) is 0 Å². The summed E-state index contributed by atoms with van der Waals surface area (Å²) >= 11 is 0. The summed E-state index contributed by atoms with van der Waals surface area (Å²) in [6.07, 6.45) is 16.0. The summed E-state index contributed by atoms with van der Waals surface area (Å²) in [7, 11) is 0. The minimum Gasteiger partial charge on any atom is -0.502 e. The molecule has 0 saturated carbocycles. The van der Waals surface area contributed by atoms with E-state index in [1.165, 1.54) is 0 Å². The fraction of sp³-hybridized carbons (Fsp3) is 0.200. The first-order valence-corrected chi connectivity index (χ1v) is 3.34. The van der Waals surface area contributed by atoms with Gasteiger partial charge in [0.2, 0.25) is 0 Å². The largest absolute Gasteiger partial charge is 2.00 e. The molecule has 0 amide bonds. The van der Waals surface area contributed by atoms with Crippen LogP contribution in [0.3, 0.4) is 0 Å². The van der Waals surface area contributed by atoms with Crippen molar-refractivity contribution in [2.45, 2.75) is 12.8 Å². The Morgan fingerprint density at radius 3 is 1.54 bits per heavy atom. The van der Waals surface area contributed by atoms with Crippen LogP contribution in [-0.4, -0.2) is 13.6 Å². The van der Waals surface area contributed by atoms with Crippen molar-refractivity contribution in [3.05, 3.63) is 36.5 Å². The quantitative estimate of drug-likeness (QED) is 0.490. The monoisotopic (exact) mass is 262 g/mol. The Morgan fingerprint density at radius 2 is 1.46 bits per heavy atom. The van der Waals surface area contributed by atoms with E-state index in [2.05, 4.69) is 18.2 Å². The molecular formula is C10H12MoO2.